The molecule has 0 aromatic carbocycles. The first-order valence-corrected chi connectivity index (χ1v) is 7.21. The summed E-state index contributed by atoms with van der Waals surface area (Å²) >= 11 is 0. The highest BCUT2D eigenvalue weighted by Crippen LogP contribution is 2.59. The van der Waals surface area contributed by atoms with Gasteiger partial charge in [-0.2, -0.15) is 0 Å². The molecule has 2 amide bonds. The van der Waals surface area contributed by atoms with Gasteiger partial charge in [-0.1, -0.05) is 13.8 Å². The number of carbonyl (C=O) groups excluding carboxylic acids is 2. The maximum atomic E-state index is 12.6. The van der Waals surface area contributed by atoms with Crippen molar-refractivity contribution < 1.29 is 24.2 Å². The minimum absolute atomic E-state index is 0.155. The Hall–Kier alpha value is -1.63. The van der Waals surface area contributed by atoms with E-state index in [9.17, 15) is 19.5 Å². The maximum Gasteiger partial charge on any atom is 0.307 e. The van der Waals surface area contributed by atoms with Crippen molar-refractivity contribution in [3.63, 3.8) is 0 Å². The lowest BCUT2D eigenvalue weighted by molar-refractivity contribution is -0.151. The van der Waals surface area contributed by atoms with E-state index in [0.717, 1.165) is 0 Å². The first kappa shape index (κ1) is 15.8. The third-order valence-electron chi connectivity index (χ3n) is 4.42. The lowest BCUT2D eigenvalue weighted by atomic mass is 10.1. The maximum absolute atomic E-state index is 12.6. The molecule has 0 aromatic rings. The average Bonchev–Trinajstić information content (AvgIpc) is 3.01. The van der Waals surface area contributed by atoms with Gasteiger partial charge < -0.3 is 20.1 Å². The SMILES string of the molecule is CCNC(=O)C1COCCN1C(=O)C1C(C(=O)O)C1(C)C. The lowest BCUT2D eigenvalue weighted by Crippen LogP contribution is -2.56. The fraction of sp³-hybridized carbons (Fsp3) is 0.786. The Bertz CT molecular complexity index is 462. The Morgan fingerprint density at radius 1 is 1.33 bits per heavy atom. The van der Waals surface area contributed by atoms with Crippen LogP contribution < -0.4 is 5.32 Å². The molecule has 2 rings (SSSR count). The van der Waals surface area contributed by atoms with Crippen molar-refractivity contribution in [1.29, 1.82) is 0 Å². The summed E-state index contributed by atoms with van der Waals surface area (Å²) in [5, 5.41) is 11.9. The van der Waals surface area contributed by atoms with E-state index < -0.39 is 29.3 Å². The van der Waals surface area contributed by atoms with Gasteiger partial charge in [-0.15, -0.1) is 0 Å². The second kappa shape index (κ2) is 5.63. The molecule has 1 aliphatic heterocycles. The van der Waals surface area contributed by atoms with Gasteiger partial charge in [-0.05, 0) is 12.3 Å². The van der Waals surface area contributed by atoms with E-state index >= 15 is 0 Å². The second-order valence-corrected chi connectivity index (χ2v) is 6.13. The van der Waals surface area contributed by atoms with Gasteiger partial charge in [0.2, 0.25) is 11.8 Å². The summed E-state index contributed by atoms with van der Waals surface area (Å²) < 4.78 is 5.29. The molecule has 1 saturated carbocycles. The van der Waals surface area contributed by atoms with Crippen LogP contribution in [0.25, 0.3) is 0 Å². The molecule has 2 fully saturated rings. The quantitative estimate of drug-likeness (QED) is 0.743. The Morgan fingerprint density at radius 2 is 2.00 bits per heavy atom. The van der Waals surface area contributed by atoms with Gasteiger partial charge in [0, 0.05) is 13.1 Å². The normalized spacial score (nSPS) is 30.6. The highest BCUT2D eigenvalue weighted by atomic mass is 16.5. The van der Waals surface area contributed by atoms with E-state index in [1.54, 1.807) is 20.8 Å². The number of morpholine rings is 1. The summed E-state index contributed by atoms with van der Waals surface area (Å²) in [6.07, 6.45) is 0. The van der Waals surface area contributed by atoms with Crippen molar-refractivity contribution in [2.24, 2.45) is 17.3 Å². The number of carboxylic acid groups (broad SMARTS) is 1. The number of rotatable bonds is 4. The zero-order chi connectivity index (χ0) is 15.8. The van der Waals surface area contributed by atoms with Gasteiger partial charge in [0.15, 0.2) is 0 Å². The van der Waals surface area contributed by atoms with Crippen LogP contribution in [0.2, 0.25) is 0 Å². The summed E-state index contributed by atoms with van der Waals surface area (Å²) in [7, 11) is 0. The van der Waals surface area contributed by atoms with E-state index in [4.69, 9.17) is 4.74 Å². The van der Waals surface area contributed by atoms with Crippen LogP contribution in [0.4, 0.5) is 0 Å². The first-order valence-electron chi connectivity index (χ1n) is 7.21. The minimum atomic E-state index is -0.957. The topological polar surface area (TPSA) is 95.9 Å². The van der Waals surface area contributed by atoms with Crippen molar-refractivity contribution in [3.8, 4) is 0 Å². The first-order chi connectivity index (χ1) is 9.82. The number of carboxylic acids is 1. The fourth-order valence-corrected chi connectivity index (χ4v) is 3.11. The van der Waals surface area contributed by atoms with Crippen LogP contribution in [-0.4, -0.2) is 60.1 Å². The van der Waals surface area contributed by atoms with E-state index in [1.807, 2.05) is 0 Å². The van der Waals surface area contributed by atoms with Crippen molar-refractivity contribution >= 4 is 17.8 Å². The van der Waals surface area contributed by atoms with Crippen molar-refractivity contribution in [3.05, 3.63) is 0 Å². The van der Waals surface area contributed by atoms with Crippen LogP contribution in [0.1, 0.15) is 20.8 Å². The molecule has 0 spiro atoms. The monoisotopic (exact) mass is 298 g/mol. The molecule has 3 unspecified atom stereocenters. The third-order valence-corrected chi connectivity index (χ3v) is 4.42. The zero-order valence-corrected chi connectivity index (χ0v) is 12.6. The highest BCUT2D eigenvalue weighted by Gasteiger charge is 2.67. The van der Waals surface area contributed by atoms with Crippen LogP contribution in [0.3, 0.4) is 0 Å². The molecular formula is C14H22N2O5. The van der Waals surface area contributed by atoms with Crippen LogP contribution >= 0.6 is 0 Å². The van der Waals surface area contributed by atoms with Crippen LogP contribution in [0, 0.1) is 17.3 Å². The number of likely N-dealkylation sites (N-methyl/N-ethyl adjacent to an activating group) is 1. The minimum Gasteiger partial charge on any atom is -0.481 e. The smallest absolute Gasteiger partial charge is 0.307 e. The predicted octanol–water partition coefficient (Wildman–Crippen LogP) is -0.293. The number of ether oxygens (including phenoxy) is 1. The number of hydrogen-bond acceptors (Lipinski definition) is 4. The van der Waals surface area contributed by atoms with Gasteiger partial charge in [0.1, 0.15) is 6.04 Å². The highest BCUT2D eigenvalue weighted by molar-refractivity contribution is 5.94. The number of hydrogen-bond donors (Lipinski definition) is 2. The second-order valence-electron chi connectivity index (χ2n) is 6.13. The van der Waals surface area contributed by atoms with Gasteiger partial charge in [0.25, 0.3) is 0 Å². The van der Waals surface area contributed by atoms with E-state index in [2.05, 4.69) is 5.32 Å². The molecule has 0 radical (unpaired) electrons. The van der Waals surface area contributed by atoms with Crippen molar-refractivity contribution in [1.82, 2.24) is 10.2 Å². The molecule has 118 valence electrons. The number of amides is 2. The molecule has 21 heavy (non-hydrogen) atoms. The lowest BCUT2D eigenvalue weighted by Gasteiger charge is -2.35. The number of aliphatic carboxylic acids is 1. The summed E-state index contributed by atoms with van der Waals surface area (Å²) in [6, 6.07) is -0.669. The Morgan fingerprint density at radius 3 is 2.52 bits per heavy atom. The molecule has 0 bridgehead atoms. The molecule has 1 aliphatic carbocycles. The Kier molecular flexibility index (Phi) is 4.22. The Labute approximate surface area is 123 Å². The third kappa shape index (κ3) is 2.74. The summed E-state index contributed by atoms with van der Waals surface area (Å²) in [5.41, 5.74) is -0.562. The summed E-state index contributed by atoms with van der Waals surface area (Å²) in [5.74, 6) is -2.71. The van der Waals surface area contributed by atoms with Gasteiger partial charge in [-0.25, -0.2) is 0 Å². The predicted molar refractivity (Wildman–Crippen MR) is 73.4 cm³/mol. The summed E-state index contributed by atoms with van der Waals surface area (Å²) in [4.78, 5) is 37.4. The molecule has 3 atom stereocenters. The van der Waals surface area contributed by atoms with Gasteiger partial charge in [0.05, 0.1) is 25.0 Å². The van der Waals surface area contributed by atoms with Gasteiger partial charge >= 0.3 is 5.97 Å². The van der Waals surface area contributed by atoms with Gasteiger partial charge in [-0.3, -0.25) is 14.4 Å². The van der Waals surface area contributed by atoms with Crippen LogP contribution in [-0.2, 0) is 19.1 Å². The van der Waals surface area contributed by atoms with Crippen LogP contribution in [0.15, 0.2) is 0 Å². The molecule has 0 aromatic heterocycles. The van der Waals surface area contributed by atoms with Crippen molar-refractivity contribution in [2.45, 2.75) is 26.8 Å². The standard InChI is InChI=1S/C14H22N2O5/c1-4-15-11(17)8-7-21-6-5-16(8)12(18)9-10(13(19)20)14(9,2)3/h8-10H,4-7H2,1-3H3,(H,15,17)(H,19,20). The molecule has 1 saturated heterocycles. The van der Waals surface area contributed by atoms with E-state index in [1.165, 1.54) is 4.90 Å². The average molecular weight is 298 g/mol. The largest absolute Gasteiger partial charge is 0.481 e. The number of carbonyl (C=O) groups is 3. The van der Waals surface area contributed by atoms with E-state index in [-0.39, 0.29) is 18.4 Å². The van der Waals surface area contributed by atoms with Crippen molar-refractivity contribution in [2.75, 3.05) is 26.3 Å². The molecule has 2 aliphatic rings. The zero-order valence-electron chi connectivity index (χ0n) is 12.6. The number of nitrogens with zero attached hydrogens (tertiary/aromatic N) is 1. The summed E-state index contributed by atoms with van der Waals surface area (Å²) in [6.45, 7) is 6.67. The van der Waals surface area contributed by atoms with Crippen LogP contribution in [0.5, 0.6) is 0 Å². The fourth-order valence-electron chi connectivity index (χ4n) is 3.11. The molecular weight excluding hydrogens is 276 g/mol. The molecule has 7 heteroatoms. The number of nitrogens with one attached hydrogen (secondary N) is 1. The molecule has 7 nitrogen and oxygen atoms in total. The van der Waals surface area contributed by atoms with E-state index in [0.29, 0.717) is 19.7 Å². The molecule has 2 N–H and O–H groups in total. The Balaban J connectivity index is 2.13. The molecule has 1 heterocycles.